The van der Waals surface area contributed by atoms with Gasteiger partial charge in [0.2, 0.25) is 0 Å². The van der Waals surface area contributed by atoms with Gasteiger partial charge in [0.1, 0.15) is 5.76 Å². The van der Waals surface area contributed by atoms with E-state index in [4.69, 9.17) is 16.0 Å². The smallest absolute Gasteiger partial charge is 0.261 e. The first-order chi connectivity index (χ1) is 14.6. The van der Waals surface area contributed by atoms with Crippen LogP contribution in [-0.2, 0) is 12.3 Å². The van der Waals surface area contributed by atoms with Crippen molar-refractivity contribution in [2.75, 3.05) is 19.6 Å². The summed E-state index contributed by atoms with van der Waals surface area (Å²) in [7, 11) is 0. The first kappa shape index (κ1) is 21.5. The zero-order valence-corrected chi connectivity index (χ0v) is 19.3. The minimum Gasteiger partial charge on any atom is -0.468 e. The van der Waals surface area contributed by atoms with Crippen molar-refractivity contribution in [1.82, 2.24) is 10.2 Å². The van der Waals surface area contributed by atoms with Crippen LogP contribution in [0.5, 0.6) is 0 Å². The number of nitrogens with one attached hydrogen (secondary N) is 1. The number of rotatable bonds is 9. The van der Waals surface area contributed by atoms with E-state index in [1.165, 1.54) is 20.9 Å². The lowest BCUT2D eigenvalue weighted by molar-refractivity contribution is 0.0951. The van der Waals surface area contributed by atoms with Crippen LogP contribution in [0.25, 0.3) is 10.4 Å². The molecule has 4 nitrogen and oxygen atoms in total. The highest BCUT2D eigenvalue weighted by atomic mass is 35.5. The van der Waals surface area contributed by atoms with E-state index < -0.39 is 0 Å². The van der Waals surface area contributed by atoms with Crippen LogP contribution in [0.15, 0.2) is 52.0 Å². The fourth-order valence-electron chi connectivity index (χ4n) is 3.52. The molecule has 30 heavy (non-hydrogen) atoms. The van der Waals surface area contributed by atoms with E-state index in [1.807, 2.05) is 30.3 Å². The Morgan fingerprint density at radius 3 is 2.97 bits per heavy atom. The van der Waals surface area contributed by atoms with Crippen LogP contribution in [0, 0.1) is 0 Å². The van der Waals surface area contributed by atoms with Gasteiger partial charge >= 0.3 is 0 Å². The number of halogens is 1. The number of carbonyl (C=O) groups is 1. The zero-order chi connectivity index (χ0) is 20.9. The number of carbonyl (C=O) groups excluding carboxylic acids is 1. The molecule has 1 aliphatic heterocycles. The molecule has 1 N–H and O–H groups in total. The third-order valence-electron chi connectivity index (χ3n) is 5.11. The standard InChI is InChI=1S/C23H25ClN2O2S2/c1-2-3-9-26(14-18-5-4-11-28-18)10-8-25-23(27)21-12-16-15-29-20-13-17(24)6-7-19(20)22(16)30-21/h4-7,11-13H,2-3,8-10,14-15H2,1H3,(H,25,27). The fraction of sp³-hybridized carbons (Fsp3) is 0.348. The molecule has 0 fully saturated rings. The number of hydrogen-bond acceptors (Lipinski definition) is 5. The van der Waals surface area contributed by atoms with Gasteiger partial charge < -0.3 is 9.73 Å². The second kappa shape index (κ2) is 10.1. The molecule has 3 heterocycles. The van der Waals surface area contributed by atoms with Gasteiger partial charge in [0.15, 0.2) is 0 Å². The normalized spacial score (nSPS) is 12.6. The molecular formula is C23H25ClN2O2S2. The fourth-order valence-corrected chi connectivity index (χ4v) is 6.13. The summed E-state index contributed by atoms with van der Waals surface area (Å²) in [6.45, 7) is 5.38. The SMILES string of the molecule is CCCCN(CCNC(=O)c1cc2c(s1)-c1ccc(Cl)cc1SC2)Cc1ccco1. The number of hydrogen-bond donors (Lipinski definition) is 1. The second-order valence-electron chi connectivity index (χ2n) is 7.36. The summed E-state index contributed by atoms with van der Waals surface area (Å²) in [5.41, 5.74) is 2.41. The Kier molecular flexibility index (Phi) is 7.20. The van der Waals surface area contributed by atoms with Gasteiger partial charge in [0.25, 0.3) is 5.91 Å². The van der Waals surface area contributed by atoms with Crippen LogP contribution in [0.4, 0.5) is 0 Å². The number of amides is 1. The highest BCUT2D eigenvalue weighted by Gasteiger charge is 2.22. The molecule has 1 aromatic carbocycles. The number of thioether (sulfide) groups is 1. The molecule has 4 rings (SSSR count). The lowest BCUT2D eigenvalue weighted by Gasteiger charge is -2.21. The maximum absolute atomic E-state index is 12.8. The third kappa shape index (κ3) is 5.11. The molecule has 0 saturated heterocycles. The average Bonchev–Trinajstić information content (AvgIpc) is 3.41. The highest BCUT2D eigenvalue weighted by Crippen LogP contribution is 2.46. The Morgan fingerprint density at radius 2 is 2.17 bits per heavy atom. The van der Waals surface area contributed by atoms with Gasteiger partial charge in [-0.05, 0) is 48.9 Å². The van der Waals surface area contributed by atoms with Crippen molar-refractivity contribution < 1.29 is 9.21 Å². The van der Waals surface area contributed by atoms with E-state index in [-0.39, 0.29) is 5.91 Å². The predicted molar refractivity (Wildman–Crippen MR) is 126 cm³/mol. The van der Waals surface area contributed by atoms with Crippen molar-refractivity contribution in [3.8, 4) is 10.4 Å². The van der Waals surface area contributed by atoms with Gasteiger partial charge in [-0.15, -0.1) is 23.1 Å². The second-order valence-corrected chi connectivity index (χ2v) is 9.86. The van der Waals surface area contributed by atoms with Crippen molar-refractivity contribution in [3.05, 3.63) is 63.9 Å². The molecule has 0 atom stereocenters. The predicted octanol–water partition coefficient (Wildman–Crippen LogP) is 6.30. The van der Waals surface area contributed by atoms with E-state index in [1.54, 1.807) is 29.4 Å². The van der Waals surface area contributed by atoms with Gasteiger partial charge in [-0.2, -0.15) is 0 Å². The Balaban J connectivity index is 1.37. The van der Waals surface area contributed by atoms with Crippen molar-refractivity contribution in [2.45, 2.75) is 37.0 Å². The minimum absolute atomic E-state index is 0.00311. The molecule has 0 radical (unpaired) electrons. The van der Waals surface area contributed by atoms with Gasteiger partial charge in [-0.25, -0.2) is 0 Å². The van der Waals surface area contributed by atoms with E-state index in [0.717, 1.165) is 53.9 Å². The third-order valence-corrected chi connectivity index (χ3v) is 7.65. The van der Waals surface area contributed by atoms with Crippen LogP contribution in [0.2, 0.25) is 5.02 Å². The molecule has 1 amide bonds. The molecule has 0 saturated carbocycles. The molecule has 7 heteroatoms. The summed E-state index contributed by atoms with van der Waals surface area (Å²) < 4.78 is 5.49. The summed E-state index contributed by atoms with van der Waals surface area (Å²) in [5, 5.41) is 3.85. The van der Waals surface area contributed by atoms with Crippen molar-refractivity contribution in [3.63, 3.8) is 0 Å². The summed E-state index contributed by atoms with van der Waals surface area (Å²) in [4.78, 5) is 18.3. The topological polar surface area (TPSA) is 45.5 Å². The summed E-state index contributed by atoms with van der Waals surface area (Å²) >= 11 is 9.48. The minimum atomic E-state index is 0.00311. The summed E-state index contributed by atoms with van der Waals surface area (Å²) in [6.07, 6.45) is 3.98. The number of nitrogens with zero attached hydrogens (tertiary/aromatic N) is 1. The van der Waals surface area contributed by atoms with Crippen molar-refractivity contribution in [2.24, 2.45) is 0 Å². The molecular weight excluding hydrogens is 436 g/mol. The maximum Gasteiger partial charge on any atom is 0.261 e. The van der Waals surface area contributed by atoms with Crippen molar-refractivity contribution in [1.29, 1.82) is 0 Å². The first-order valence-corrected chi connectivity index (χ1v) is 12.4. The lowest BCUT2D eigenvalue weighted by Crippen LogP contribution is -2.35. The van der Waals surface area contributed by atoms with Crippen LogP contribution in [0.1, 0.15) is 40.8 Å². The van der Waals surface area contributed by atoms with Crippen LogP contribution >= 0.6 is 34.7 Å². The number of furan rings is 1. The van der Waals surface area contributed by atoms with E-state index in [2.05, 4.69) is 23.2 Å². The molecule has 0 aliphatic carbocycles. The van der Waals surface area contributed by atoms with Crippen LogP contribution in [-0.4, -0.2) is 30.4 Å². The molecule has 0 bridgehead atoms. The van der Waals surface area contributed by atoms with Gasteiger partial charge in [0, 0.05) is 39.2 Å². The zero-order valence-electron chi connectivity index (χ0n) is 16.9. The van der Waals surface area contributed by atoms with Gasteiger partial charge in [-0.3, -0.25) is 9.69 Å². The Labute approximate surface area is 190 Å². The maximum atomic E-state index is 12.8. The van der Waals surface area contributed by atoms with E-state index >= 15 is 0 Å². The molecule has 0 spiro atoms. The molecule has 0 unspecified atom stereocenters. The average molecular weight is 461 g/mol. The summed E-state index contributed by atoms with van der Waals surface area (Å²) in [5.74, 6) is 1.84. The van der Waals surface area contributed by atoms with Crippen LogP contribution in [0.3, 0.4) is 0 Å². The van der Waals surface area contributed by atoms with E-state index in [0.29, 0.717) is 6.54 Å². The van der Waals surface area contributed by atoms with Gasteiger partial charge in [0.05, 0.1) is 17.7 Å². The quantitative estimate of drug-likeness (QED) is 0.407. The Morgan fingerprint density at radius 1 is 1.27 bits per heavy atom. The first-order valence-electron chi connectivity index (χ1n) is 10.2. The Bertz CT molecular complexity index is 1000. The van der Waals surface area contributed by atoms with Gasteiger partial charge in [-0.1, -0.05) is 31.0 Å². The number of thiophene rings is 1. The van der Waals surface area contributed by atoms with Crippen molar-refractivity contribution >= 4 is 40.6 Å². The van der Waals surface area contributed by atoms with E-state index in [9.17, 15) is 4.79 Å². The summed E-state index contributed by atoms with van der Waals surface area (Å²) in [6, 6.07) is 11.9. The van der Waals surface area contributed by atoms with Crippen LogP contribution < -0.4 is 5.32 Å². The molecule has 1 aliphatic rings. The number of unbranched alkanes of at least 4 members (excludes halogenated alkanes) is 1. The highest BCUT2D eigenvalue weighted by molar-refractivity contribution is 7.98. The molecule has 3 aromatic rings. The monoisotopic (exact) mass is 460 g/mol. The molecule has 158 valence electrons. The lowest BCUT2D eigenvalue weighted by atomic mass is 10.1. The largest absolute Gasteiger partial charge is 0.468 e. The number of fused-ring (bicyclic) bond motifs is 3. The number of benzene rings is 1. The molecule has 2 aromatic heterocycles. The Hall–Kier alpha value is -1.73.